The lowest BCUT2D eigenvalue weighted by molar-refractivity contribution is 0.153. The summed E-state index contributed by atoms with van der Waals surface area (Å²) in [5, 5.41) is 0. The molecule has 1 aromatic rings. The van der Waals surface area contributed by atoms with E-state index < -0.39 is 11.6 Å². The molecule has 112 valence electrons. The van der Waals surface area contributed by atoms with Crippen LogP contribution in [0.25, 0.3) is 0 Å². The van der Waals surface area contributed by atoms with Gasteiger partial charge in [0.1, 0.15) is 17.4 Å². The molecule has 0 radical (unpaired) electrons. The highest BCUT2D eigenvalue weighted by atomic mass is 19.1. The second-order valence-electron chi connectivity index (χ2n) is 5.32. The summed E-state index contributed by atoms with van der Waals surface area (Å²) in [4.78, 5) is 4.64. The van der Waals surface area contributed by atoms with Crippen LogP contribution in [0.15, 0.2) is 12.1 Å². The maximum atomic E-state index is 13.8. The third-order valence-corrected chi connectivity index (χ3v) is 3.85. The Kier molecular flexibility index (Phi) is 5.31. The number of likely N-dealkylation sites (N-methyl/N-ethyl adjacent to an activating group) is 1. The minimum atomic E-state index is -0.514. The van der Waals surface area contributed by atoms with E-state index >= 15 is 0 Å². The van der Waals surface area contributed by atoms with Crippen LogP contribution in [-0.2, 0) is 6.42 Å². The molecule has 1 aromatic carbocycles. The second-order valence-corrected chi connectivity index (χ2v) is 5.32. The number of hydrogen-bond donors (Lipinski definition) is 0. The molecule has 0 unspecified atom stereocenters. The van der Waals surface area contributed by atoms with Crippen molar-refractivity contribution in [1.82, 2.24) is 9.80 Å². The van der Waals surface area contributed by atoms with Crippen LogP contribution in [0.3, 0.4) is 0 Å². The molecule has 1 fully saturated rings. The fourth-order valence-corrected chi connectivity index (χ4v) is 2.49. The third-order valence-electron chi connectivity index (χ3n) is 3.85. The van der Waals surface area contributed by atoms with E-state index in [0.29, 0.717) is 6.42 Å². The van der Waals surface area contributed by atoms with Crippen molar-refractivity contribution in [1.29, 1.82) is 0 Å². The Morgan fingerprint density at radius 3 is 2.25 bits per heavy atom. The molecule has 0 saturated carbocycles. The first kappa shape index (κ1) is 15.2. The van der Waals surface area contributed by atoms with E-state index in [1.807, 2.05) is 0 Å². The summed E-state index contributed by atoms with van der Waals surface area (Å²) in [6.45, 7) is 5.07. The molecule has 2 rings (SSSR count). The van der Waals surface area contributed by atoms with Gasteiger partial charge in [-0.2, -0.15) is 0 Å². The zero-order chi connectivity index (χ0) is 14.5. The molecule has 0 aliphatic carbocycles. The van der Waals surface area contributed by atoms with Crippen LogP contribution < -0.4 is 4.74 Å². The van der Waals surface area contributed by atoms with Gasteiger partial charge in [-0.25, -0.2) is 8.78 Å². The first-order valence-electron chi connectivity index (χ1n) is 7.03. The molecule has 1 aliphatic rings. The quantitative estimate of drug-likeness (QED) is 0.824. The average molecular weight is 284 g/mol. The molecule has 1 heterocycles. The zero-order valence-corrected chi connectivity index (χ0v) is 12.2. The molecular formula is C15H22F2N2O. The Labute approximate surface area is 119 Å². The van der Waals surface area contributed by atoms with Gasteiger partial charge >= 0.3 is 0 Å². The number of hydrogen-bond acceptors (Lipinski definition) is 3. The molecular weight excluding hydrogens is 262 g/mol. The van der Waals surface area contributed by atoms with E-state index in [0.717, 1.165) is 39.1 Å². The molecule has 0 spiro atoms. The molecule has 5 heteroatoms. The van der Waals surface area contributed by atoms with Gasteiger partial charge in [0.25, 0.3) is 0 Å². The number of halogens is 2. The maximum absolute atomic E-state index is 13.8. The SMILES string of the molecule is COc1cc(F)c(CCCN2CCN(C)CC2)c(F)c1. The monoisotopic (exact) mass is 284 g/mol. The molecule has 0 bridgehead atoms. The summed E-state index contributed by atoms with van der Waals surface area (Å²) in [7, 11) is 3.51. The van der Waals surface area contributed by atoms with Gasteiger partial charge in [-0.15, -0.1) is 0 Å². The normalized spacial score (nSPS) is 17.4. The highest BCUT2D eigenvalue weighted by Gasteiger charge is 2.15. The van der Waals surface area contributed by atoms with Crippen molar-refractivity contribution in [2.75, 3.05) is 46.9 Å². The molecule has 20 heavy (non-hydrogen) atoms. The Bertz CT molecular complexity index is 422. The molecule has 1 aliphatic heterocycles. The first-order valence-corrected chi connectivity index (χ1v) is 7.03. The van der Waals surface area contributed by atoms with Crippen LogP contribution >= 0.6 is 0 Å². The number of ether oxygens (including phenoxy) is 1. The van der Waals surface area contributed by atoms with Crippen molar-refractivity contribution in [3.8, 4) is 5.75 Å². The van der Waals surface area contributed by atoms with E-state index in [9.17, 15) is 8.78 Å². The maximum Gasteiger partial charge on any atom is 0.133 e. The van der Waals surface area contributed by atoms with Gasteiger partial charge in [0, 0.05) is 43.9 Å². The fraction of sp³-hybridized carbons (Fsp3) is 0.600. The van der Waals surface area contributed by atoms with Crippen LogP contribution in [0.1, 0.15) is 12.0 Å². The number of piperazine rings is 1. The molecule has 0 aromatic heterocycles. The third kappa shape index (κ3) is 3.90. The standard InChI is InChI=1S/C15H22F2N2O/c1-18-6-8-19(9-7-18)5-3-4-13-14(16)10-12(20-2)11-15(13)17/h10-11H,3-9H2,1-2H3. The topological polar surface area (TPSA) is 15.7 Å². The van der Waals surface area contributed by atoms with Gasteiger partial charge < -0.3 is 14.5 Å². The molecule has 1 saturated heterocycles. The Morgan fingerprint density at radius 1 is 1.10 bits per heavy atom. The van der Waals surface area contributed by atoms with Gasteiger partial charge in [0.05, 0.1) is 7.11 Å². The van der Waals surface area contributed by atoms with Crippen LogP contribution in [0.2, 0.25) is 0 Å². The predicted octanol–water partition coefficient (Wildman–Crippen LogP) is 2.15. The van der Waals surface area contributed by atoms with Crippen molar-refractivity contribution >= 4 is 0 Å². The van der Waals surface area contributed by atoms with E-state index in [-0.39, 0.29) is 11.3 Å². The van der Waals surface area contributed by atoms with E-state index in [1.54, 1.807) is 0 Å². The summed E-state index contributed by atoms with van der Waals surface area (Å²) in [5.41, 5.74) is 0.167. The van der Waals surface area contributed by atoms with Crippen LogP contribution in [0.4, 0.5) is 8.78 Å². The smallest absolute Gasteiger partial charge is 0.133 e. The first-order chi connectivity index (χ1) is 9.60. The van der Waals surface area contributed by atoms with Gasteiger partial charge in [0.2, 0.25) is 0 Å². The number of benzene rings is 1. The summed E-state index contributed by atoms with van der Waals surface area (Å²) < 4.78 is 32.4. The van der Waals surface area contributed by atoms with Crippen LogP contribution in [-0.4, -0.2) is 56.7 Å². The fourth-order valence-electron chi connectivity index (χ4n) is 2.49. The summed E-state index contributed by atoms with van der Waals surface area (Å²) in [5.74, 6) is -0.803. The van der Waals surface area contributed by atoms with Crippen molar-refractivity contribution in [2.24, 2.45) is 0 Å². The largest absolute Gasteiger partial charge is 0.497 e. The van der Waals surface area contributed by atoms with E-state index in [4.69, 9.17) is 4.74 Å². The Balaban J connectivity index is 1.85. The van der Waals surface area contributed by atoms with Crippen LogP contribution in [0, 0.1) is 11.6 Å². The lowest BCUT2D eigenvalue weighted by Gasteiger charge is -2.32. The number of rotatable bonds is 5. The van der Waals surface area contributed by atoms with Gasteiger partial charge in [-0.05, 0) is 26.4 Å². The average Bonchev–Trinajstić information content (AvgIpc) is 2.43. The summed E-state index contributed by atoms with van der Waals surface area (Å²) >= 11 is 0. The highest BCUT2D eigenvalue weighted by Crippen LogP contribution is 2.21. The summed E-state index contributed by atoms with van der Waals surface area (Å²) in [6, 6.07) is 2.49. The lowest BCUT2D eigenvalue weighted by atomic mass is 10.1. The summed E-state index contributed by atoms with van der Waals surface area (Å²) in [6.07, 6.45) is 1.19. The van der Waals surface area contributed by atoms with Crippen molar-refractivity contribution < 1.29 is 13.5 Å². The van der Waals surface area contributed by atoms with Gasteiger partial charge in [-0.3, -0.25) is 0 Å². The zero-order valence-electron chi connectivity index (χ0n) is 12.2. The highest BCUT2D eigenvalue weighted by molar-refractivity contribution is 5.30. The number of nitrogens with zero attached hydrogens (tertiary/aromatic N) is 2. The lowest BCUT2D eigenvalue weighted by Crippen LogP contribution is -2.44. The number of methoxy groups -OCH3 is 1. The molecule has 0 amide bonds. The minimum Gasteiger partial charge on any atom is -0.497 e. The molecule has 0 atom stereocenters. The van der Waals surface area contributed by atoms with E-state index in [2.05, 4.69) is 16.8 Å². The van der Waals surface area contributed by atoms with Gasteiger partial charge in [-0.1, -0.05) is 0 Å². The second kappa shape index (κ2) is 6.99. The predicted molar refractivity (Wildman–Crippen MR) is 75.2 cm³/mol. The molecule has 0 N–H and O–H groups in total. The van der Waals surface area contributed by atoms with Crippen molar-refractivity contribution in [3.63, 3.8) is 0 Å². The van der Waals surface area contributed by atoms with Gasteiger partial charge in [0.15, 0.2) is 0 Å². The van der Waals surface area contributed by atoms with Crippen molar-refractivity contribution in [2.45, 2.75) is 12.8 Å². The van der Waals surface area contributed by atoms with Crippen LogP contribution in [0.5, 0.6) is 5.75 Å². The Hall–Kier alpha value is -1.20. The van der Waals surface area contributed by atoms with Crippen molar-refractivity contribution in [3.05, 3.63) is 29.3 Å². The molecule has 3 nitrogen and oxygen atoms in total. The Morgan fingerprint density at radius 2 is 1.70 bits per heavy atom. The van der Waals surface area contributed by atoms with E-state index in [1.165, 1.54) is 19.2 Å². The minimum absolute atomic E-state index is 0.167.